The highest BCUT2D eigenvalue weighted by molar-refractivity contribution is 6.05. The molecule has 1 N–H and O–H groups in total. The lowest BCUT2D eigenvalue weighted by Gasteiger charge is -2.10. The fourth-order valence-corrected chi connectivity index (χ4v) is 1.80. The lowest BCUT2D eigenvalue weighted by Crippen LogP contribution is -2.14. The fourth-order valence-electron chi connectivity index (χ4n) is 1.80. The molecule has 0 saturated carbocycles. The maximum absolute atomic E-state index is 12.1. The third-order valence-corrected chi connectivity index (χ3v) is 2.94. The van der Waals surface area contributed by atoms with Gasteiger partial charge < -0.3 is 10.1 Å². The second-order valence-electron chi connectivity index (χ2n) is 4.44. The van der Waals surface area contributed by atoms with E-state index in [1.54, 1.807) is 49.6 Å². The van der Waals surface area contributed by atoms with Crippen LogP contribution in [0.3, 0.4) is 0 Å². The molecule has 5 nitrogen and oxygen atoms in total. The summed E-state index contributed by atoms with van der Waals surface area (Å²) in [6, 6.07) is 8.32. The average molecular weight is 284 g/mol. The summed E-state index contributed by atoms with van der Waals surface area (Å²) >= 11 is 0. The molecule has 0 aliphatic heterocycles. The number of benzene rings is 1. The topological polar surface area (TPSA) is 68.3 Å². The van der Waals surface area contributed by atoms with Crippen LogP contribution in [0.2, 0.25) is 0 Å². The summed E-state index contributed by atoms with van der Waals surface area (Å²) in [5, 5.41) is 2.79. The molecule has 0 bridgehead atoms. The summed E-state index contributed by atoms with van der Waals surface area (Å²) < 4.78 is 4.95. The monoisotopic (exact) mass is 284 g/mol. The number of aryl methyl sites for hydroxylation is 1. The number of rotatable bonds is 4. The number of carbonyl (C=O) groups excluding carboxylic acids is 2. The zero-order chi connectivity index (χ0) is 15.2. The van der Waals surface area contributed by atoms with Gasteiger partial charge in [0.25, 0.3) is 5.91 Å². The van der Waals surface area contributed by atoms with Gasteiger partial charge in [0.2, 0.25) is 0 Å². The number of nitrogens with zero attached hydrogens (tertiary/aromatic N) is 1. The molecule has 0 spiro atoms. The molecular formula is C16H16N2O3. The van der Waals surface area contributed by atoms with E-state index in [1.165, 1.54) is 0 Å². The Morgan fingerprint density at radius 3 is 2.52 bits per heavy atom. The predicted octanol–water partition coefficient (Wildman–Crippen LogP) is 2.82. The van der Waals surface area contributed by atoms with Crippen LogP contribution in [0.15, 0.2) is 42.7 Å². The van der Waals surface area contributed by atoms with Gasteiger partial charge in [-0.1, -0.05) is 6.07 Å². The van der Waals surface area contributed by atoms with Crippen LogP contribution in [0.25, 0.3) is 0 Å². The molecule has 0 radical (unpaired) electrons. The molecular weight excluding hydrogens is 268 g/mol. The molecule has 108 valence electrons. The molecule has 0 saturated heterocycles. The first-order valence-electron chi connectivity index (χ1n) is 6.61. The Labute approximate surface area is 123 Å². The largest absolute Gasteiger partial charge is 0.462 e. The van der Waals surface area contributed by atoms with Gasteiger partial charge in [-0.2, -0.15) is 0 Å². The van der Waals surface area contributed by atoms with Crippen molar-refractivity contribution in [1.82, 2.24) is 4.98 Å². The highest BCUT2D eigenvalue weighted by atomic mass is 16.5. The first kappa shape index (κ1) is 14.7. The number of carbonyl (C=O) groups is 2. The third kappa shape index (κ3) is 3.66. The second-order valence-corrected chi connectivity index (χ2v) is 4.44. The molecule has 2 aromatic rings. The number of ether oxygens (including phenoxy) is 1. The number of nitrogens with one attached hydrogen (secondary N) is 1. The third-order valence-electron chi connectivity index (χ3n) is 2.94. The Bertz CT molecular complexity index is 654. The normalized spacial score (nSPS) is 10.0. The Balaban J connectivity index is 2.21. The van der Waals surface area contributed by atoms with Gasteiger partial charge in [-0.15, -0.1) is 0 Å². The number of hydrogen-bond acceptors (Lipinski definition) is 4. The molecule has 0 fully saturated rings. The van der Waals surface area contributed by atoms with E-state index < -0.39 is 5.97 Å². The standard InChI is InChI=1S/C16H16N2O3/c1-3-21-16(20)13-5-4-11(2)14(10-13)18-15(19)12-6-8-17-9-7-12/h4-10H,3H2,1-2H3,(H,18,19). The molecule has 5 heteroatoms. The van der Waals surface area contributed by atoms with Crippen molar-refractivity contribution in [2.75, 3.05) is 11.9 Å². The van der Waals surface area contributed by atoms with E-state index in [9.17, 15) is 9.59 Å². The summed E-state index contributed by atoms with van der Waals surface area (Å²) in [4.78, 5) is 27.7. The maximum Gasteiger partial charge on any atom is 0.338 e. The number of aromatic nitrogens is 1. The molecule has 1 heterocycles. The minimum atomic E-state index is -0.406. The second kappa shape index (κ2) is 6.65. The van der Waals surface area contributed by atoms with E-state index in [4.69, 9.17) is 4.74 Å². The van der Waals surface area contributed by atoms with Gasteiger partial charge in [0.1, 0.15) is 0 Å². The van der Waals surface area contributed by atoms with Gasteiger partial charge in [0.15, 0.2) is 0 Å². The lowest BCUT2D eigenvalue weighted by atomic mass is 10.1. The molecule has 21 heavy (non-hydrogen) atoms. The van der Waals surface area contributed by atoms with Crippen molar-refractivity contribution < 1.29 is 14.3 Å². The van der Waals surface area contributed by atoms with Gasteiger partial charge in [0.05, 0.1) is 12.2 Å². The van der Waals surface area contributed by atoms with Crippen LogP contribution >= 0.6 is 0 Å². The zero-order valence-electron chi connectivity index (χ0n) is 11.9. The van der Waals surface area contributed by atoms with Crippen LogP contribution in [-0.2, 0) is 4.74 Å². The quantitative estimate of drug-likeness (QED) is 0.877. The lowest BCUT2D eigenvalue weighted by molar-refractivity contribution is 0.0526. The van der Waals surface area contributed by atoms with Crippen molar-refractivity contribution in [3.63, 3.8) is 0 Å². The first-order chi connectivity index (χ1) is 10.1. The molecule has 0 unspecified atom stereocenters. The Kier molecular flexibility index (Phi) is 4.66. The Morgan fingerprint density at radius 2 is 1.86 bits per heavy atom. The van der Waals surface area contributed by atoms with Crippen molar-refractivity contribution >= 4 is 17.6 Å². The first-order valence-corrected chi connectivity index (χ1v) is 6.61. The van der Waals surface area contributed by atoms with Gasteiger partial charge in [-0.3, -0.25) is 9.78 Å². The molecule has 0 aliphatic carbocycles. The molecule has 2 rings (SSSR count). The van der Waals surface area contributed by atoms with Crippen molar-refractivity contribution in [2.24, 2.45) is 0 Å². The fraction of sp³-hybridized carbons (Fsp3) is 0.188. The van der Waals surface area contributed by atoms with Crippen molar-refractivity contribution in [3.05, 3.63) is 59.4 Å². The number of esters is 1. The number of amides is 1. The molecule has 0 atom stereocenters. The van der Waals surface area contributed by atoms with Crippen LogP contribution in [-0.4, -0.2) is 23.5 Å². The van der Waals surface area contributed by atoms with Gasteiger partial charge in [-0.05, 0) is 43.7 Å². The van der Waals surface area contributed by atoms with E-state index in [0.29, 0.717) is 23.4 Å². The summed E-state index contributed by atoms with van der Waals surface area (Å²) in [5.41, 5.74) is 2.37. The highest BCUT2D eigenvalue weighted by Crippen LogP contribution is 2.18. The van der Waals surface area contributed by atoms with Gasteiger partial charge in [-0.25, -0.2) is 4.79 Å². The molecule has 1 aromatic carbocycles. The number of anilines is 1. The molecule has 0 aliphatic rings. The van der Waals surface area contributed by atoms with Crippen LogP contribution in [0, 0.1) is 6.92 Å². The highest BCUT2D eigenvalue weighted by Gasteiger charge is 2.11. The Morgan fingerprint density at radius 1 is 1.14 bits per heavy atom. The number of hydrogen-bond donors (Lipinski definition) is 1. The van der Waals surface area contributed by atoms with E-state index in [2.05, 4.69) is 10.3 Å². The maximum atomic E-state index is 12.1. The number of pyridine rings is 1. The van der Waals surface area contributed by atoms with Crippen LogP contribution in [0.4, 0.5) is 5.69 Å². The average Bonchev–Trinajstić information content (AvgIpc) is 2.50. The molecule has 1 aromatic heterocycles. The summed E-state index contributed by atoms with van der Waals surface area (Å²) in [7, 11) is 0. The van der Waals surface area contributed by atoms with E-state index in [-0.39, 0.29) is 5.91 Å². The van der Waals surface area contributed by atoms with E-state index >= 15 is 0 Å². The van der Waals surface area contributed by atoms with Crippen molar-refractivity contribution in [1.29, 1.82) is 0 Å². The van der Waals surface area contributed by atoms with Gasteiger partial charge >= 0.3 is 5.97 Å². The summed E-state index contributed by atoms with van der Waals surface area (Å²) in [5.74, 6) is -0.654. The minimum absolute atomic E-state index is 0.249. The predicted molar refractivity (Wildman–Crippen MR) is 79.3 cm³/mol. The molecule has 1 amide bonds. The van der Waals surface area contributed by atoms with Crippen LogP contribution in [0.1, 0.15) is 33.2 Å². The van der Waals surface area contributed by atoms with E-state index in [1.807, 2.05) is 6.92 Å². The van der Waals surface area contributed by atoms with Crippen LogP contribution < -0.4 is 5.32 Å². The SMILES string of the molecule is CCOC(=O)c1ccc(C)c(NC(=O)c2ccncc2)c1. The minimum Gasteiger partial charge on any atom is -0.462 e. The van der Waals surface area contributed by atoms with Crippen LogP contribution in [0.5, 0.6) is 0 Å². The van der Waals surface area contributed by atoms with E-state index in [0.717, 1.165) is 5.56 Å². The van der Waals surface area contributed by atoms with Crippen molar-refractivity contribution in [3.8, 4) is 0 Å². The smallest absolute Gasteiger partial charge is 0.338 e. The zero-order valence-corrected chi connectivity index (χ0v) is 11.9. The summed E-state index contributed by atoms with van der Waals surface area (Å²) in [6.45, 7) is 3.92. The summed E-state index contributed by atoms with van der Waals surface area (Å²) in [6.07, 6.45) is 3.10. The van der Waals surface area contributed by atoms with Gasteiger partial charge in [0, 0.05) is 23.6 Å². The Hall–Kier alpha value is -2.69. The van der Waals surface area contributed by atoms with Crippen molar-refractivity contribution in [2.45, 2.75) is 13.8 Å².